The van der Waals surface area contributed by atoms with E-state index in [1.165, 1.54) is 10.8 Å². The van der Waals surface area contributed by atoms with Gasteiger partial charge < -0.3 is 18.5 Å². The molecule has 1 aromatic heterocycles. The van der Waals surface area contributed by atoms with E-state index in [0.29, 0.717) is 31.6 Å². The Balaban J connectivity index is 1.50. The molecule has 2 saturated heterocycles. The summed E-state index contributed by atoms with van der Waals surface area (Å²) < 4.78 is 34.6. The number of H-pyrrole nitrogens is 1. The van der Waals surface area contributed by atoms with Gasteiger partial charge in [-0.05, 0) is 26.2 Å². The number of aromatic nitrogens is 2. The van der Waals surface area contributed by atoms with Crippen molar-refractivity contribution in [2.24, 2.45) is 0 Å². The van der Waals surface area contributed by atoms with Crippen molar-refractivity contribution >= 4 is 8.25 Å². The quantitative estimate of drug-likeness (QED) is 0.745. The van der Waals surface area contributed by atoms with Gasteiger partial charge in [-0.2, -0.15) is 0 Å². The van der Waals surface area contributed by atoms with Gasteiger partial charge in [0.2, 0.25) is 0 Å². The molecule has 0 spiro atoms. The lowest BCUT2D eigenvalue weighted by molar-refractivity contribution is -0.0221. The summed E-state index contributed by atoms with van der Waals surface area (Å²) in [5, 5.41) is 0. The van der Waals surface area contributed by atoms with Crippen molar-refractivity contribution in [3.05, 3.63) is 32.6 Å². The molecule has 9 nitrogen and oxygen atoms in total. The van der Waals surface area contributed by atoms with Crippen molar-refractivity contribution in [1.29, 1.82) is 0 Å². The summed E-state index contributed by atoms with van der Waals surface area (Å²) in [6.07, 6.45) is 2.57. The first kappa shape index (κ1) is 17.6. The maximum atomic E-state index is 11.9. The van der Waals surface area contributed by atoms with Gasteiger partial charge in [0.15, 0.2) is 0 Å². The van der Waals surface area contributed by atoms with Crippen LogP contribution < -0.4 is 11.2 Å². The highest BCUT2D eigenvalue weighted by molar-refractivity contribution is 7.33. The Kier molecular flexibility index (Phi) is 5.68. The molecule has 24 heavy (non-hydrogen) atoms. The zero-order valence-corrected chi connectivity index (χ0v) is 14.4. The highest BCUT2D eigenvalue weighted by Crippen LogP contribution is 2.32. The molecule has 0 aromatic carbocycles. The van der Waals surface area contributed by atoms with Gasteiger partial charge in [0.1, 0.15) is 6.23 Å². The van der Waals surface area contributed by atoms with Crippen LogP contribution in [0.1, 0.15) is 31.1 Å². The average Bonchev–Trinajstić information content (AvgIpc) is 3.20. The van der Waals surface area contributed by atoms with Gasteiger partial charge in [0, 0.05) is 18.4 Å². The van der Waals surface area contributed by atoms with Crippen LogP contribution in [-0.4, -0.2) is 41.6 Å². The normalized spacial score (nSPS) is 28.3. The minimum atomic E-state index is -2.59. The minimum Gasteiger partial charge on any atom is -0.379 e. The molecule has 2 aliphatic rings. The van der Waals surface area contributed by atoms with Crippen LogP contribution in [-0.2, 0) is 23.1 Å². The molecular weight excluding hydrogens is 339 g/mol. The third-order valence-corrected chi connectivity index (χ3v) is 5.01. The average molecular weight is 360 g/mol. The largest absolute Gasteiger partial charge is 0.379 e. The summed E-state index contributed by atoms with van der Waals surface area (Å²) in [4.78, 5) is 25.5. The van der Waals surface area contributed by atoms with Crippen LogP contribution >= 0.6 is 8.25 Å². The molecular formula is C14H21N2O7P. The van der Waals surface area contributed by atoms with Gasteiger partial charge in [-0.1, -0.05) is 0 Å². The van der Waals surface area contributed by atoms with Crippen LogP contribution in [0.3, 0.4) is 0 Å². The highest BCUT2D eigenvalue weighted by Gasteiger charge is 2.28. The molecule has 0 bridgehead atoms. The van der Waals surface area contributed by atoms with Crippen molar-refractivity contribution in [2.75, 3.05) is 19.8 Å². The maximum Gasteiger partial charge on any atom is 0.330 e. The Labute approximate surface area is 138 Å². The molecule has 10 heteroatoms. The second kappa shape index (κ2) is 7.76. The summed E-state index contributed by atoms with van der Waals surface area (Å²) in [7, 11) is -2.59. The van der Waals surface area contributed by atoms with Crippen LogP contribution in [0.5, 0.6) is 0 Å². The van der Waals surface area contributed by atoms with Crippen molar-refractivity contribution in [3.8, 4) is 0 Å². The SMILES string of the molecule is Cc1cn(C2CCC(CO[PH](=O)OC3CCOC3)O2)c(=O)[nH]c1=O. The maximum absolute atomic E-state index is 11.9. The number of rotatable bonds is 6. The zero-order chi connectivity index (χ0) is 17.1. The molecule has 3 rings (SSSR count). The van der Waals surface area contributed by atoms with Crippen LogP contribution in [0.25, 0.3) is 0 Å². The number of hydrogen-bond donors (Lipinski definition) is 1. The standard InChI is InChI=1S/C14H21N2O7P/c1-9-6-16(14(18)15-13(9)17)12-3-2-10(22-12)8-21-24(19)23-11-4-5-20-7-11/h6,10-12,24H,2-5,7-8H2,1H3,(H,15,17,18). The molecule has 0 radical (unpaired) electrons. The fourth-order valence-corrected chi connectivity index (χ4v) is 3.60. The topological polar surface area (TPSA) is 109 Å². The first-order chi connectivity index (χ1) is 11.5. The summed E-state index contributed by atoms with van der Waals surface area (Å²) in [5.74, 6) is 0. The van der Waals surface area contributed by atoms with Crippen molar-refractivity contribution < 1.29 is 23.1 Å². The summed E-state index contributed by atoms with van der Waals surface area (Å²) in [6.45, 7) is 2.82. The number of nitrogens with one attached hydrogen (secondary N) is 1. The third kappa shape index (κ3) is 4.23. The summed E-state index contributed by atoms with van der Waals surface area (Å²) >= 11 is 0. The lowest BCUT2D eigenvalue weighted by Crippen LogP contribution is -2.33. The zero-order valence-electron chi connectivity index (χ0n) is 13.4. The van der Waals surface area contributed by atoms with Gasteiger partial charge in [0.25, 0.3) is 5.56 Å². The Morgan fingerprint density at radius 2 is 2.21 bits per heavy atom. The number of aromatic amines is 1. The fourth-order valence-electron chi connectivity index (χ4n) is 2.75. The molecule has 2 aliphatic heterocycles. The molecule has 0 amide bonds. The predicted molar refractivity (Wildman–Crippen MR) is 84.5 cm³/mol. The number of ether oxygens (including phenoxy) is 2. The fraction of sp³-hybridized carbons (Fsp3) is 0.714. The molecule has 2 fully saturated rings. The van der Waals surface area contributed by atoms with Gasteiger partial charge in [0.05, 0.1) is 25.4 Å². The Bertz CT molecular complexity index is 710. The summed E-state index contributed by atoms with van der Waals surface area (Å²) in [5.41, 5.74) is -0.466. The van der Waals surface area contributed by atoms with Crippen LogP contribution in [0.15, 0.2) is 15.8 Å². The first-order valence-corrected chi connectivity index (χ1v) is 9.14. The van der Waals surface area contributed by atoms with E-state index in [0.717, 1.165) is 6.42 Å². The Hall–Kier alpha value is -1.25. The molecule has 0 saturated carbocycles. The number of nitrogens with zero attached hydrogens (tertiary/aromatic N) is 1. The number of aryl methyl sites for hydroxylation is 1. The van der Waals surface area contributed by atoms with E-state index in [4.69, 9.17) is 18.5 Å². The second-order valence-electron chi connectivity index (χ2n) is 5.93. The van der Waals surface area contributed by atoms with E-state index in [2.05, 4.69) is 4.98 Å². The van der Waals surface area contributed by atoms with Gasteiger partial charge in [-0.15, -0.1) is 0 Å². The molecule has 3 heterocycles. The van der Waals surface area contributed by atoms with E-state index in [-0.39, 0.29) is 18.8 Å². The predicted octanol–water partition coefficient (Wildman–Crippen LogP) is 0.734. The van der Waals surface area contributed by atoms with Gasteiger partial charge >= 0.3 is 13.9 Å². The van der Waals surface area contributed by atoms with Crippen molar-refractivity contribution in [2.45, 2.75) is 44.6 Å². The van der Waals surface area contributed by atoms with E-state index < -0.39 is 25.7 Å². The molecule has 4 atom stereocenters. The molecule has 1 N–H and O–H groups in total. The lowest BCUT2D eigenvalue weighted by Gasteiger charge is -2.16. The molecule has 1 aromatic rings. The van der Waals surface area contributed by atoms with Crippen molar-refractivity contribution in [3.63, 3.8) is 0 Å². The minimum absolute atomic E-state index is 0.138. The first-order valence-electron chi connectivity index (χ1n) is 7.91. The van der Waals surface area contributed by atoms with Crippen molar-refractivity contribution in [1.82, 2.24) is 9.55 Å². The van der Waals surface area contributed by atoms with Gasteiger partial charge in [-0.3, -0.25) is 18.9 Å². The van der Waals surface area contributed by atoms with Crippen LogP contribution in [0.2, 0.25) is 0 Å². The number of hydrogen-bond acceptors (Lipinski definition) is 7. The monoisotopic (exact) mass is 360 g/mol. The summed E-state index contributed by atoms with van der Waals surface area (Å²) in [6, 6.07) is 0. The smallest absolute Gasteiger partial charge is 0.330 e. The van der Waals surface area contributed by atoms with E-state index >= 15 is 0 Å². The van der Waals surface area contributed by atoms with Crippen LogP contribution in [0.4, 0.5) is 0 Å². The van der Waals surface area contributed by atoms with E-state index in [1.807, 2.05) is 0 Å². The van der Waals surface area contributed by atoms with E-state index in [1.54, 1.807) is 6.92 Å². The highest BCUT2D eigenvalue weighted by atomic mass is 31.1. The Morgan fingerprint density at radius 1 is 1.38 bits per heavy atom. The third-order valence-electron chi connectivity index (χ3n) is 4.08. The second-order valence-corrected chi connectivity index (χ2v) is 6.96. The van der Waals surface area contributed by atoms with Gasteiger partial charge in [-0.25, -0.2) is 4.79 Å². The Morgan fingerprint density at radius 3 is 2.96 bits per heavy atom. The van der Waals surface area contributed by atoms with E-state index in [9.17, 15) is 14.2 Å². The lowest BCUT2D eigenvalue weighted by atomic mass is 10.2. The molecule has 134 valence electrons. The molecule has 4 unspecified atom stereocenters. The van der Waals surface area contributed by atoms with Crippen LogP contribution in [0, 0.1) is 6.92 Å². The molecule has 0 aliphatic carbocycles.